The van der Waals surface area contributed by atoms with Gasteiger partial charge in [-0.1, -0.05) is 49.0 Å². The van der Waals surface area contributed by atoms with Gasteiger partial charge in [0.2, 0.25) is 0 Å². The van der Waals surface area contributed by atoms with E-state index in [1.54, 1.807) is 0 Å². The Morgan fingerprint density at radius 3 is 2.18 bits per heavy atom. The minimum atomic E-state index is -4.64. The largest absolute Gasteiger partial charge is 0.481 e. The van der Waals surface area contributed by atoms with Crippen molar-refractivity contribution in [2.75, 3.05) is 13.1 Å². The van der Waals surface area contributed by atoms with Crippen LogP contribution in [-0.4, -0.2) is 25.0 Å². The zero-order chi connectivity index (χ0) is 12.3. The zero-order valence-corrected chi connectivity index (χ0v) is 9.66. The quantitative estimate of drug-likeness (QED) is 0.733. The lowest BCUT2D eigenvalue weighted by molar-refractivity contribution is 0.206. The third-order valence-electron chi connectivity index (χ3n) is 3.42. The molecule has 2 rings (SSSR count). The molecule has 0 aromatic heterocycles. The van der Waals surface area contributed by atoms with E-state index in [0.29, 0.717) is 13.1 Å². The Bertz CT molecular complexity index is 345. The highest BCUT2D eigenvalue weighted by molar-refractivity contribution is 6.60. The van der Waals surface area contributed by atoms with Crippen LogP contribution in [0.1, 0.15) is 18.4 Å². The maximum atomic E-state index is 12.5. The third kappa shape index (κ3) is 3.50. The minimum absolute atomic E-state index is 0.260. The van der Waals surface area contributed by atoms with E-state index in [-0.39, 0.29) is 12.8 Å². The molecular weight excluding hydrogens is 226 g/mol. The average molecular weight is 242 g/mol. The van der Waals surface area contributed by atoms with E-state index in [1.807, 2.05) is 30.3 Å². The van der Waals surface area contributed by atoms with Gasteiger partial charge in [-0.2, -0.15) is 0 Å². The number of hydrogen-bond donors (Lipinski definition) is 0. The first-order valence-electron chi connectivity index (χ1n) is 6.02. The fourth-order valence-corrected chi connectivity index (χ4v) is 2.33. The molecular formula is C12H16BF3N-. The van der Waals surface area contributed by atoms with Gasteiger partial charge in [0, 0.05) is 6.54 Å². The molecule has 0 radical (unpaired) electrons. The van der Waals surface area contributed by atoms with Crippen LogP contribution < -0.4 is 0 Å². The van der Waals surface area contributed by atoms with Crippen molar-refractivity contribution in [3.63, 3.8) is 0 Å². The zero-order valence-electron chi connectivity index (χ0n) is 9.66. The molecule has 1 fully saturated rings. The van der Waals surface area contributed by atoms with Crippen LogP contribution >= 0.6 is 0 Å². The molecule has 0 N–H and O–H groups in total. The molecule has 0 saturated carbocycles. The van der Waals surface area contributed by atoms with Gasteiger partial charge in [-0.25, -0.2) is 0 Å². The number of rotatable bonds is 3. The summed E-state index contributed by atoms with van der Waals surface area (Å²) in [4.78, 5) is 2.10. The lowest BCUT2D eigenvalue weighted by Gasteiger charge is -2.36. The first kappa shape index (κ1) is 12.5. The summed E-state index contributed by atoms with van der Waals surface area (Å²) in [5.74, 6) is -1.04. The maximum absolute atomic E-state index is 12.5. The second kappa shape index (κ2) is 5.13. The molecule has 1 aromatic carbocycles. The predicted molar refractivity (Wildman–Crippen MR) is 63.8 cm³/mol. The van der Waals surface area contributed by atoms with E-state index in [1.165, 1.54) is 5.56 Å². The van der Waals surface area contributed by atoms with Gasteiger partial charge in [0.05, 0.1) is 0 Å². The molecule has 0 unspecified atom stereocenters. The van der Waals surface area contributed by atoms with E-state index in [4.69, 9.17) is 0 Å². The summed E-state index contributed by atoms with van der Waals surface area (Å²) < 4.78 is 37.6. The molecule has 94 valence electrons. The van der Waals surface area contributed by atoms with Crippen molar-refractivity contribution in [2.45, 2.75) is 25.2 Å². The van der Waals surface area contributed by atoms with Crippen molar-refractivity contribution >= 4 is 6.98 Å². The van der Waals surface area contributed by atoms with Gasteiger partial charge < -0.3 is 12.9 Å². The molecule has 1 nitrogen and oxygen atoms in total. The summed E-state index contributed by atoms with van der Waals surface area (Å²) in [5, 5.41) is 0. The molecule has 0 bridgehead atoms. The molecule has 1 aliphatic heterocycles. The van der Waals surface area contributed by atoms with Crippen LogP contribution in [0.3, 0.4) is 0 Å². The van der Waals surface area contributed by atoms with Crippen molar-refractivity contribution in [1.29, 1.82) is 0 Å². The topological polar surface area (TPSA) is 3.24 Å². The second-order valence-electron chi connectivity index (χ2n) is 4.72. The SMILES string of the molecule is F[B-](F)(F)C1CCN(Cc2ccccc2)CC1. The fourth-order valence-electron chi connectivity index (χ4n) is 2.33. The maximum Gasteiger partial charge on any atom is 0.481 e. The Balaban J connectivity index is 1.84. The average Bonchev–Trinajstić information content (AvgIpc) is 2.30. The molecule has 0 aliphatic carbocycles. The van der Waals surface area contributed by atoms with Crippen molar-refractivity contribution in [3.05, 3.63) is 35.9 Å². The molecule has 5 heteroatoms. The van der Waals surface area contributed by atoms with Crippen LogP contribution in [0, 0.1) is 0 Å². The molecule has 1 saturated heterocycles. The van der Waals surface area contributed by atoms with Crippen LogP contribution in [0.5, 0.6) is 0 Å². The summed E-state index contributed by atoms with van der Waals surface area (Å²) in [6.07, 6.45) is 0.521. The molecule has 0 atom stereocenters. The molecule has 0 spiro atoms. The van der Waals surface area contributed by atoms with E-state index < -0.39 is 12.8 Å². The predicted octanol–water partition coefficient (Wildman–Crippen LogP) is 3.50. The Labute approximate surface area is 99.7 Å². The number of piperidine rings is 1. The van der Waals surface area contributed by atoms with Gasteiger partial charge >= 0.3 is 6.98 Å². The molecule has 17 heavy (non-hydrogen) atoms. The highest BCUT2D eigenvalue weighted by Gasteiger charge is 2.36. The van der Waals surface area contributed by atoms with Crippen molar-refractivity contribution in [3.8, 4) is 0 Å². The number of nitrogens with zero attached hydrogens (tertiary/aromatic N) is 1. The minimum Gasteiger partial charge on any atom is -0.449 e. The monoisotopic (exact) mass is 242 g/mol. The lowest BCUT2D eigenvalue weighted by atomic mass is 9.67. The summed E-state index contributed by atoms with van der Waals surface area (Å²) in [7, 11) is 0. The van der Waals surface area contributed by atoms with Gasteiger partial charge in [0.1, 0.15) is 0 Å². The van der Waals surface area contributed by atoms with E-state index in [9.17, 15) is 12.9 Å². The number of benzene rings is 1. The summed E-state index contributed by atoms with van der Waals surface area (Å²) >= 11 is 0. The van der Waals surface area contributed by atoms with Gasteiger partial charge in [-0.15, -0.1) is 0 Å². The smallest absolute Gasteiger partial charge is 0.449 e. The van der Waals surface area contributed by atoms with E-state index in [2.05, 4.69) is 4.90 Å². The third-order valence-corrected chi connectivity index (χ3v) is 3.42. The van der Waals surface area contributed by atoms with Gasteiger partial charge in [-0.3, -0.25) is 4.90 Å². The highest BCUT2D eigenvalue weighted by atomic mass is 19.4. The summed E-state index contributed by atoms with van der Waals surface area (Å²) in [5.41, 5.74) is 1.17. The van der Waals surface area contributed by atoms with Gasteiger partial charge in [0.25, 0.3) is 0 Å². The molecule has 1 aromatic rings. The first-order chi connectivity index (χ1) is 8.05. The standard InChI is InChI=1S/C12H16BF3N/c14-13(15,16)12-6-8-17(9-7-12)10-11-4-2-1-3-5-11/h1-5,12H,6-10H2/q-1. The van der Waals surface area contributed by atoms with Gasteiger partial charge in [-0.05, 0) is 18.7 Å². The Morgan fingerprint density at radius 2 is 1.65 bits per heavy atom. The normalized spacial score (nSPS) is 19.5. The lowest BCUT2D eigenvalue weighted by Crippen LogP contribution is -2.37. The number of halogens is 3. The van der Waals surface area contributed by atoms with Crippen molar-refractivity contribution in [2.24, 2.45) is 0 Å². The fraction of sp³-hybridized carbons (Fsp3) is 0.500. The van der Waals surface area contributed by atoms with E-state index >= 15 is 0 Å². The molecule has 1 aliphatic rings. The van der Waals surface area contributed by atoms with Crippen LogP contribution in [0.2, 0.25) is 5.82 Å². The van der Waals surface area contributed by atoms with Crippen LogP contribution in [0.25, 0.3) is 0 Å². The Hall–Kier alpha value is -0.965. The molecule has 1 heterocycles. The summed E-state index contributed by atoms with van der Waals surface area (Å²) in [6, 6.07) is 9.89. The number of likely N-dealkylation sites (tertiary alicyclic amines) is 1. The number of hydrogen-bond acceptors (Lipinski definition) is 1. The van der Waals surface area contributed by atoms with Crippen LogP contribution in [0.15, 0.2) is 30.3 Å². The first-order valence-corrected chi connectivity index (χ1v) is 6.02. The van der Waals surface area contributed by atoms with Crippen LogP contribution in [-0.2, 0) is 6.54 Å². The second-order valence-corrected chi connectivity index (χ2v) is 4.72. The summed E-state index contributed by atoms with van der Waals surface area (Å²) in [6.45, 7) is -2.77. The van der Waals surface area contributed by atoms with E-state index in [0.717, 1.165) is 6.54 Å². The van der Waals surface area contributed by atoms with Gasteiger partial charge in [0.15, 0.2) is 0 Å². The Morgan fingerprint density at radius 1 is 1.06 bits per heavy atom. The van der Waals surface area contributed by atoms with Crippen molar-refractivity contribution in [1.82, 2.24) is 4.90 Å². The van der Waals surface area contributed by atoms with Crippen LogP contribution in [0.4, 0.5) is 12.9 Å². The van der Waals surface area contributed by atoms with Crippen molar-refractivity contribution < 1.29 is 12.9 Å². The highest BCUT2D eigenvalue weighted by Crippen LogP contribution is 2.35. The molecule has 0 amide bonds. The Kier molecular flexibility index (Phi) is 3.77.